The molecule has 0 bridgehead atoms. The normalized spacial score (nSPS) is 14.0. The Balaban J connectivity index is 1.84. The molecule has 0 atom stereocenters. The lowest BCUT2D eigenvalue weighted by Crippen LogP contribution is -2.39. The molecule has 2 amide bonds. The van der Waals surface area contributed by atoms with Crippen molar-refractivity contribution in [3.63, 3.8) is 0 Å². The van der Waals surface area contributed by atoms with Crippen LogP contribution in [0.4, 0.5) is 22.1 Å². The molecule has 10 heteroatoms. The number of nitrogens with zero attached hydrogens (tertiary/aromatic N) is 5. The molecule has 2 heterocycles. The number of allylic oxidation sites excluding steroid dienone is 1. The molecule has 0 saturated carbocycles. The maximum Gasteiger partial charge on any atom is 0.410 e. The summed E-state index contributed by atoms with van der Waals surface area (Å²) in [6, 6.07) is 10.0. The minimum absolute atomic E-state index is 0.0371. The maximum atomic E-state index is 12.5. The fourth-order valence-corrected chi connectivity index (χ4v) is 3.41. The van der Waals surface area contributed by atoms with Crippen LogP contribution in [0.3, 0.4) is 0 Å². The number of para-hydroxylation sites is 2. The lowest BCUT2D eigenvalue weighted by atomic mass is 10.1. The van der Waals surface area contributed by atoms with Crippen LogP contribution < -0.4 is 15.5 Å². The van der Waals surface area contributed by atoms with Gasteiger partial charge in [-0.3, -0.25) is 10.1 Å². The average molecular weight is 464 g/mol. The number of carbonyl (C=O) groups excluding carboxylic acids is 2. The van der Waals surface area contributed by atoms with Crippen LogP contribution in [0, 0.1) is 18.3 Å². The number of aromatic nitrogens is 2. The molecular weight excluding hydrogens is 434 g/mol. The van der Waals surface area contributed by atoms with E-state index in [2.05, 4.69) is 26.7 Å². The third kappa shape index (κ3) is 5.43. The summed E-state index contributed by atoms with van der Waals surface area (Å²) in [4.78, 5) is 36.4. The Morgan fingerprint density at radius 3 is 2.65 bits per heavy atom. The van der Waals surface area contributed by atoms with Gasteiger partial charge in [-0.05, 0) is 52.3 Å². The third-order valence-electron chi connectivity index (χ3n) is 4.93. The van der Waals surface area contributed by atoms with Gasteiger partial charge in [0.2, 0.25) is 11.9 Å². The van der Waals surface area contributed by atoms with Crippen LogP contribution in [0.1, 0.15) is 39.0 Å². The minimum Gasteiger partial charge on any atom is -0.444 e. The van der Waals surface area contributed by atoms with Crippen molar-refractivity contribution in [1.82, 2.24) is 14.9 Å². The first-order chi connectivity index (χ1) is 16.0. The number of carbonyl (C=O) groups is 2. The van der Waals surface area contributed by atoms with Crippen LogP contribution in [-0.2, 0) is 9.53 Å². The number of nitriles is 1. The van der Waals surface area contributed by atoms with E-state index in [4.69, 9.17) is 4.74 Å². The van der Waals surface area contributed by atoms with E-state index in [9.17, 15) is 14.9 Å². The highest BCUT2D eigenvalue weighted by atomic mass is 16.6. The fourth-order valence-electron chi connectivity index (χ4n) is 3.41. The Bertz CT molecular complexity index is 1180. The van der Waals surface area contributed by atoms with Gasteiger partial charge in [-0.15, -0.1) is 0 Å². The van der Waals surface area contributed by atoms with E-state index in [0.29, 0.717) is 29.2 Å². The predicted octanol–water partition coefficient (Wildman–Crippen LogP) is 3.73. The maximum absolute atomic E-state index is 12.5. The molecule has 0 spiro atoms. The Hall–Kier alpha value is -4.13. The summed E-state index contributed by atoms with van der Waals surface area (Å²) in [6.45, 7) is 9.45. The van der Waals surface area contributed by atoms with Gasteiger partial charge in [0, 0.05) is 19.8 Å². The number of likely N-dealkylation sites (N-methyl/N-ethyl adjacent to an activating group) is 1. The van der Waals surface area contributed by atoms with Crippen LogP contribution in [0.2, 0.25) is 0 Å². The highest BCUT2D eigenvalue weighted by Crippen LogP contribution is 2.38. The number of aryl methyl sites for hydroxylation is 1. The average Bonchev–Trinajstić information content (AvgIpc) is 3.13. The number of anilines is 3. The Morgan fingerprint density at radius 2 is 2.00 bits per heavy atom. The van der Waals surface area contributed by atoms with E-state index < -0.39 is 17.6 Å². The second kappa shape index (κ2) is 9.79. The van der Waals surface area contributed by atoms with Gasteiger partial charge in [0.15, 0.2) is 0 Å². The van der Waals surface area contributed by atoms with Crippen molar-refractivity contribution in [3.8, 4) is 6.07 Å². The highest BCUT2D eigenvalue weighted by molar-refractivity contribution is 5.94. The number of hydrogen-bond acceptors (Lipinski definition) is 8. The van der Waals surface area contributed by atoms with Gasteiger partial charge in [0.25, 0.3) is 0 Å². The van der Waals surface area contributed by atoms with Crippen molar-refractivity contribution in [2.75, 3.05) is 35.7 Å². The van der Waals surface area contributed by atoms with Gasteiger partial charge in [0.1, 0.15) is 29.6 Å². The summed E-state index contributed by atoms with van der Waals surface area (Å²) in [5.41, 5.74) is 2.62. The van der Waals surface area contributed by atoms with Crippen molar-refractivity contribution in [2.24, 2.45) is 0 Å². The van der Waals surface area contributed by atoms with Crippen molar-refractivity contribution in [3.05, 3.63) is 47.5 Å². The molecule has 0 aliphatic carbocycles. The molecule has 1 aliphatic rings. The zero-order chi connectivity index (χ0) is 25.0. The Morgan fingerprint density at radius 1 is 1.29 bits per heavy atom. The Kier molecular flexibility index (Phi) is 7.05. The number of nitrogens with one attached hydrogen (secondary N) is 2. The molecule has 0 fully saturated rings. The molecule has 0 saturated heterocycles. The molecule has 1 aliphatic heterocycles. The SMILES string of the molecule is CCN1/C(=C(\C#N)c2nc(NC(=O)CN(C)C(=O)OC(C)(C)C)ncc2C)Nc2ccccc21. The Labute approximate surface area is 199 Å². The van der Waals surface area contributed by atoms with E-state index in [0.717, 1.165) is 16.3 Å². The van der Waals surface area contributed by atoms with Gasteiger partial charge in [-0.2, -0.15) is 5.26 Å². The summed E-state index contributed by atoms with van der Waals surface area (Å²) in [5, 5.41) is 15.9. The van der Waals surface area contributed by atoms with E-state index in [1.807, 2.05) is 36.1 Å². The van der Waals surface area contributed by atoms with Gasteiger partial charge >= 0.3 is 6.09 Å². The van der Waals surface area contributed by atoms with E-state index in [-0.39, 0.29) is 12.5 Å². The van der Waals surface area contributed by atoms with Crippen LogP contribution in [-0.4, -0.2) is 52.6 Å². The van der Waals surface area contributed by atoms with Crippen LogP contribution in [0.15, 0.2) is 36.3 Å². The molecule has 1 aromatic heterocycles. The van der Waals surface area contributed by atoms with Crippen molar-refractivity contribution < 1.29 is 14.3 Å². The molecule has 0 radical (unpaired) electrons. The van der Waals surface area contributed by atoms with Gasteiger partial charge < -0.3 is 19.9 Å². The quantitative estimate of drug-likeness (QED) is 0.643. The molecule has 3 rings (SSSR count). The van der Waals surface area contributed by atoms with Gasteiger partial charge in [-0.1, -0.05) is 12.1 Å². The fraction of sp³-hybridized carbons (Fsp3) is 0.375. The minimum atomic E-state index is -0.668. The van der Waals surface area contributed by atoms with Gasteiger partial charge in [-0.25, -0.2) is 14.8 Å². The summed E-state index contributed by atoms with van der Waals surface area (Å²) in [6.07, 6.45) is 0.933. The van der Waals surface area contributed by atoms with Crippen molar-refractivity contribution >= 4 is 34.9 Å². The first kappa shape index (κ1) is 24.5. The number of ether oxygens (including phenoxy) is 1. The molecule has 2 N–H and O–H groups in total. The number of benzene rings is 1. The van der Waals surface area contributed by atoms with Gasteiger partial charge in [0.05, 0.1) is 17.1 Å². The zero-order valence-corrected chi connectivity index (χ0v) is 20.3. The smallest absolute Gasteiger partial charge is 0.410 e. The number of rotatable bonds is 5. The second-order valence-corrected chi connectivity index (χ2v) is 8.83. The van der Waals surface area contributed by atoms with Crippen LogP contribution in [0.5, 0.6) is 0 Å². The second-order valence-electron chi connectivity index (χ2n) is 8.83. The molecule has 1 aromatic carbocycles. The number of hydrogen-bond donors (Lipinski definition) is 2. The summed E-state index contributed by atoms with van der Waals surface area (Å²) >= 11 is 0. The predicted molar refractivity (Wildman–Crippen MR) is 130 cm³/mol. The first-order valence-corrected chi connectivity index (χ1v) is 10.9. The standard InChI is InChI=1S/C24H29N7O3/c1-7-31-18-11-9-8-10-17(18)27-21(31)16(12-25)20-15(2)13-26-22(29-20)28-19(32)14-30(6)23(33)34-24(3,4)5/h8-11,13,27H,7,14H2,1-6H3,(H,26,28,29,32)/b21-16+. The topological polar surface area (TPSA) is 123 Å². The lowest BCUT2D eigenvalue weighted by Gasteiger charge is -2.24. The molecular formula is C24H29N7O3. The number of amides is 2. The summed E-state index contributed by atoms with van der Waals surface area (Å²) in [7, 11) is 1.47. The summed E-state index contributed by atoms with van der Waals surface area (Å²) < 4.78 is 5.26. The van der Waals surface area contributed by atoms with E-state index >= 15 is 0 Å². The number of fused-ring (bicyclic) bond motifs is 1. The molecule has 34 heavy (non-hydrogen) atoms. The van der Waals surface area contributed by atoms with Crippen LogP contribution in [0.25, 0.3) is 5.57 Å². The third-order valence-corrected chi connectivity index (χ3v) is 4.93. The monoisotopic (exact) mass is 463 g/mol. The van der Waals surface area contributed by atoms with Crippen molar-refractivity contribution in [1.29, 1.82) is 5.26 Å². The van der Waals surface area contributed by atoms with Crippen molar-refractivity contribution in [2.45, 2.75) is 40.2 Å². The molecule has 2 aromatic rings. The lowest BCUT2D eigenvalue weighted by molar-refractivity contribution is -0.117. The molecule has 0 unspecified atom stereocenters. The first-order valence-electron chi connectivity index (χ1n) is 10.9. The largest absolute Gasteiger partial charge is 0.444 e. The molecule has 178 valence electrons. The summed E-state index contributed by atoms with van der Waals surface area (Å²) in [5.74, 6) is 0.168. The molecule has 10 nitrogen and oxygen atoms in total. The van der Waals surface area contributed by atoms with Crippen LogP contribution >= 0.6 is 0 Å². The highest BCUT2D eigenvalue weighted by Gasteiger charge is 2.27. The van der Waals surface area contributed by atoms with E-state index in [1.54, 1.807) is 33.9 Å². The van der Waals surface area contributed by atoms with E-state index in [1.165, 1.54) is 7.05 Å². The zero-order valence-electron chi connectivity index (χ0n) is 20.3.